The molecule has 0 bridgehead atoms. The summed E-state index contributed by atoms with van der Waals surface area (Å²) in [5.74, 6) is 1.58. The van der Waals surface area contributed by atoms with Gasteiger partial charge in [-0.3, -0.25) is 0 Å². The number of anilines is 4. The van der Waals surface area contributed by atoms with Crippen LogP contribution in [0.4, 0.5) is 22.7 Å². The van der Waals surface area contributed by atoms with Gasteiger partial charge in [0.1, 0.15) is 11.5 Å². The first-order valence-electron chi connectivity index (χ1n) is 15.5. The summed E-state index contributed by atoms with van der Waals surface area (Å²) < 4.78 is 13.1. The van der Waals surface area contributed by atoms with Crippen molar-refractivity contribution in [3.8, 4) is 11.5 Å². The van der Waals surface area contributed by atoms with Gasteiger partial charge in [-0.2, -0.15) is 0 Å². The van der Waals surface area contributed by atoms with E-state index in [0.29, 0.717) is 28.0 Å². The summed E-state index contributed by atoms with van der Waals surface area (Å²) in [6.07, 6.45) is 1.05. The van der Waals surface area contributed by atoms with Gasteiger partial charge < -0.3 is 19.7 Å². The maximum Gasteiger partial charge on any atom is 0.340 e. The van der Waals surface area contributed by atoms with E-state index in [-0.39, 0.29) is 5.97 Å². The van der Waals surface area contributed by atoms with Gasteiger partial charge in [-0.1, -0.05) is 55.8 Å². The summed E-state index contributed by atoms with van der Waals surface area (Å²) in [7, 11) is 0. The van der Waals surface area contributed by atoms with Gasteiger partial charge in [-0.15, -0.1) is 0 Å². The second kappa shape index (κ2) is 11.3. The fraction of sp³-hybridized carbons (Fsp3) is 0.205. The van der Waals surface area contributed by atoms with Crippen LogP contribution in [0, 0.1) is 12.8 Å². The lowest BCUT2D eigenvalue weighted by atomic mass is 9.77. The van der Waals surface area contributed by atoms with Gasteiger partial charge in [0.25, 0.3) is 0 Å². The quantitative estimate of drug-likeness (QED) is 0.185. The molecule has 1 unspecified atom stereocenters. The average Bonchev–Trinajstić information content (AvgIpc) is 3.32. The fourth-order valence-corrected chi connectivity index (χ4v) is 6.72. The summed E-state index contributed by atoms with van der Waals surface area (Å²) in [4.78, 5) is 15.7. The van der Waals surface area contributed by atoms with Crippen molar-refractivity contribution in [3.05, 3.63) is 142 Å². The zero-order valence-electron chi connectivity index (χ0n) is 25.9. The molecule has 1 atom stereocenters. The molecule has 2 heterocycles. The van der Waals surface area contributed by atoms with Crippen LogP contribution in [0.3, 0.4) is 0 Å². The van der Waals surface area contributed by atoms with Crippen LogP contribution in [0.25, 0.3) is 0 Å². The van der Waals surface area contributed by atoms with Crippen molar-refractivity contribution in [1.82, 2.24) is 0 Å². The Morgan fingerprint density at radius 2 is 1.53 bits per heavy atom. The highest BCUT2D eigenvalue weighted by Gasteiger charge is 2.53. The molecule has 5 nitrogen and oxygen atoms in total. The van der Waals surface area contributed by atoms with E-state index < -0.39 is 5.60 Å². The van der Waals surface area contributed by atoms with Crippen LogP contribution in [0.1, 0.15) is 58.9 Å². The van der Waals surface area contributed by atoms with Gasteiger partial charge in [0.15, 0.2) is 5.60 Å². The zero-order chi connectivity index (χ0) is 31.3. The number of halogens is 1. The zero-order valence-corrected chi connectivity index (χ0v) is 26.6. The minimum atomic E-state index is -1.16. The van der Waals surface area contributed by atoms with E-state index in [9.17, 15) is 4.79 Å². The second-order valence-corrected chi connectivity index (χ2v) is 12.6. The predicted octanol–water partition coefficient (Wildman–Crippen LogP) is 10.3. The van der Waals surface area contributed by atoms with Crippen molar-refractivity contribution in [2.24, 2.45) is 5.92 Å². The summed E-state index contributed by atoms with van der Waals surface area (Å²) >= 11 is 6.13. The number of ether oxygens (including phenoxy) is 2. The number of nitrogens with zero attached hydrogens (tertiary/aromatic N) is 1. The second-order valence-electron chi connectivity index (χ2n) is 12.2. The smallest absolute Gasteiger partial charge is 0.340 e. The van der Waals surface area contributed by atoms with E-state index in [1.807, 2.05) is 73.7 Å². The van der Waals surface area contributed by atoms with Gasteiger partial charge in [-0.05, 0) is 104 Å². The van der Waals surface area contributed by atoms with Crippen LogP contribution >= 0.6 is 11.6 Å². The van der Waals surface area contributed by atoms with E-state index in [2.05, 4.69) is 67.4 Å². The molecule has 7 rings (SSSR count). The van der Waals surface area contributed by atoms with Crippen LogP contribution in [0.2, 0.25) is 5.02 Å². The molecule has 2 aliphatic heterocycles. The number of hydrogen-bond donors (Lipinski definition) is 1. The van der Waals surface area contributed by atoms with Gasteiger partial charge in [0.2, 0.25) is 0 Å². The lowest BCUT2D eigenvalue weighted by Crippen LogP contribution is -2.33. The minimum absolute atomic E-state index is 0.349. The number of rotatable bonds is 7. The molecule has 0 aliphatic carbocycles. The molecule has 0 saturated carbocycles. The average molecular weight is 615 g/mol. The molecular formula is C39H35ClN2O3. The molecule has 0 saturated heterocycles. The molecule has 1 spiro atoms. The molecule has 0 amide bonds. The topological polar surface area (TPSA) is 50.8 Å². The Morgan fingerprint density at radius 3 is 2.27 bits per heavy atom. The van der Waals surface area contributed by atoms with Crippen molar-refractivity contribution < 1.29 is 14.3 Å². The Kier molecular flexibility index (Phi) is 7.29. The van der Waals surface area contributed by atoms with Crippen LogP contribution in [-0.2, 0) is 16.8 Å². The Morgan fingerprint density at radius 1 is 0.822 bits per heavy atom. The van der Waals surface area contributed by atoms with Crippen LogP contribution < -0.4 is 15.0 Å². The molecular weight excluding hydrogens is 580 g/mol. The van der Waals surface area contributed by atoms with Crippen molar-refractivity contribution in [2.75, 3.05) is 16.8 Å². The number of fused-ring (bicyclic) bond motifs is 6. The first-order valence-corrected chi connectivity index (χ1v) is 15.8. The minimum Gasteiger partial charge on any atom is -0.456 e. The molecule has 1 N–H and O–H groups in total. The van der Waals surface area contributed by atoms with Crippen molar-refractivity contribution >= 4 is 40.3 Å². The van der Waals surface area contributed by atoms with Crippen LogP contribution in [0.5, 0.6) is 11.5 Å². The maximum atomic E-state index is 13.4. The van der Waals surface area contributed by atoms with E-state index in [1.165, 1.54) is 5.56 Å². The third-order valence-corrected chi connectivity index (χ3v) is 8.94. The largest absolute Gasteiger partial charge is 0.456 e. The van der Waals surface area contributed by atoms with Crippen molar-refractivity contribution in [2.45, 2.75) is 39.7 Å². The maximum absolute atomic E-state index is 13.4. The monoisotopic (exact) mass is 614 g/mol. The number of carbonyl (C=O) groups is 1. The highest BCUT2D eigenvalue weighted by molar-refractivity contribution is 6.30. The molecule has 0 aromatic heterocycles. The van der Waals surface area contributed by atoms with Crippen LogP contribution in [-0.4, -0.2) is 12.5 Å². The SMILES string of the molecule is CCN(c1ccc(CC(C)C)cc1)c1ccc2c(c1)Oc1cc(C)c(Nc3ccc(Cl)cc3)cc1C21OC(=O)c2ccccc21. The first-order chi connectivity index (χ1) is 21.8. The van der Waals surface area contributed by atoms with E-state index >= 15 is 0 Å². The predicted molar refractivity (Wildman–Crippen MR) is 182 cm³/mol. The van der Waals surface area contributed by atoms with Gasteiger partial charge in [-0.25, -0.2) is 4.79 Å². The lowest BCUT2D eigenvalue weighted by molar-refractivity contribution is 0.0224. The molecule has 226 valence electrons. The van der Waals surface area contributed by atoms with E-state index in [0.717, 1.165) is 58.0 Å². The number of esters is 1. The number of aryl methyl sites for hydroxylation is 1. The van der Waals surface area contributed by atoms with E-state index in [1.54, 1.807) is 0 Å². The highest BCUT2D eigenvalue weighted by Crippen LogP contribution is 2.57. The third-order valence-electron chi connectivity index (χ3n) is 8.69. The molecule has 6 heteroatoms. The molecule has 5 aromatic rings. The Balaban J connectivity index is 1.35. The van der Waals surface area contributed by atoms with Crippen molar-refractivity contribution in [1.29, 1.82) is 0 Å². The fourth-order valence-electron chi connectivity index (χ4n) is 6.60. The van der Waals surface area contributed by atoms with Gasteiger partial charge in [0.05, 0.1) is 5.56 Å². The molecule has 45 heavy (non-hydrogen) atoms. The lowest BCUT2D eigenvalue weighted by Gasteiger charge is -2.38. The standard InChI is InChI=1S/C39H35ClN2O3/c1-5-42(29-16-10-26(11-17-29)20-24(2)3)30-18-19-33-37(22-30)44-36-21-25(4)35(41-28-14-12-27(40)13-15-28)23-34(36)39(33)32-9-7-6-8-31(32)38(43)45-39/h6-19,21-24,41H,5,20H2,1-4H3. The van der Waals surface area contributed by atoms with Gasteiger partial charge in [0, 0.05) is 57.1 Å². The molecule has 0 radical (unpaired) electrons. The molecule has 5 aromatic carbocycles. The summed E-state index contributed by atoms with van der Waals surface area (Å²) in [6.45, 7) is 9.44. The van der Waals surface area contributed by atoms with E-state index in [4.69, 9.17) is 21.1 Å². The number of hydrogen-bond acceptors (Lipinski definition) is 5. The third kappa shape index (κ3) is 5.01. The van der Waals surface area contributed by atoms with Gasteiger partial charge >= 0.3 is 5.97 Å². The number of carbonyl (C=O) groups excluding carboxylic acids is 1. The molecule has 2 aliphatic rings. The normalized spacial score (nSPS) is 16.1. The van der Waals surface area contributed by atoms with Crippen LogP contribution in [0.15, 0.2) is 103 Å². The number of nitrogens with one attached hydrogen (secondary N) is 1. The Labute approximate surface area is 269 Å². The Bertz CT molecular complexity index is 1920. The summed E-state index contributed by atoms with van der Waals surface area (Å²) in [5.41, 5.74) is 8.01. The summed E-state index contributed by atoms with van der Waals surface area (Å²) in [5, 5.41) is 4.19. The highest BCUT2D eigenvalue weighted by atomic mass is 35.5. The summed E-state index contributed by atoms with van der Waals surface area (Å²) in [6, 6.07) is 34.3. The number of benzene rings is 5. The first kappa shape index (κ1) is 29.0. The molecule has 0 fully saturated rings. The Hall–Kier alpha value is -4.74. The van der Waals surface area contributed by atoms with Crippen molar-refractivity contribution in [3.63, 3.8) is 0 Å².